The molecule has 1 heterocycles. The Morgan fingerprint density at radius 2 is 1.95 bits per heavy atom. The van der Waals surface area contributed by atoms with Crippen molar-refractivity contribution in [2.75, 3.05) is 5.32 Å². The summed E-state index contributed by atoms with van der Waals surface area (Å²) in [6.07, 6.45) is 6.54. The lowest BCUT2D eigenvalue weighted by Crippen LogP contribution is -2.17. The van der Waals surface area contributed by atoms with Gasteiger partial charge in [0.05, 0.1) is 12.2 Å². The molecule has 1 aliphatic rings. The Hall–Kier alpha value is -2.10. The molecule has 4 heteroatoms. The number of anilines is 1. The zero-order valence-corrected chi connectivity index (χ0v) is 12.6. The highest BCUT2D eigenvalue weighted by Gasteiger charge is 2.20. The second-order valence-electron chi connectivity index (χ2n) is 5.85. The summed E-state index contributed by atoms with van der Waals surface area (Å²) in [6.45, 7) is 4.07. The van der Waals surface area contributed by atoms with Crippen molar-refractivity contribution < 1.29 is 4.79 Å². The molecule has 0 spiro atoms. The van der Waals surface area contributed by atoms with E-state index in [2.05, 4.69) is 10.4 Å². The number of amides is 1. The van der Waals surface area contributed by atoms with E-state index in [1.165, 1.54) is 18.4 Å². The van der Waals surface area contributed by atoms with Gasteiger partial charge in [-0.1, -0.05) is 18.9 Å². The van der Waals surface area contributed by atoms with Crippen LogP contribution in [0.2, 0.25) is 0 Å². The molecule has 110 valence electrons. The van der Waals surface area contributed by atoms with Gasteiger partial charge in [-0.2, -0.15) is 5.10 Å². The van der Waals surface area contributed by atoms with Crippen molar-refractivity contribution >= 4 is 11.7 Å². The highest BCUT2D eigenvalue weighted by atomic mass is 16.1. The smallest absolute Gasteiger partial charge is 0.256 e. The summed E-state index contributed by atoms with van der Waals surface area (Å²) in [5.41, 5.74) is 3.02. The second-order valence-corrected chi connectivity index (χ2v) is 5.85. The standard InChI is InChI=1S/C17H21N3O/c1-12-7-8-14(11-13(12)2)17(21)19-16-9-10-18-20(16)15-5-3-4-6-15/h7-11,15H,3-6H2,1-2H3,(H,19,21). The van der Waals surface area contributed by atoms with Crippen LogP contribution >= 0.6 is 0 Å². The number of aryl methyl sites for hydroxylation is 2. The van der Waals surface area contributed by atoms with Gasteiger partial charge >= 0.3 is 0 Å². The summed E-state index contributed by atoms with van der Waals surface area (Å²) in [5, 5.41) is 7.37. The molecule has 0 unspecified atom stereocenters. The maximum absolute atomic E-state index is 12.4. The van der Waals surface area contributed by atoms with E-state index in [-0.39, 0.29) is 5.91 Å². The number of benzene rings is 1. The highest BCUT2D eigenvalue weighted by Crippen LogP contribution is 2.31. The van der Waals surface area contributed by atoms with Crippen LogP contribution in [0, 0.1) is 13.8 Å². The lowest BCUT2D eigenvalue weighted by atomic mass is 10.1. The molecule has 1 fully saturated rings. The molecular formula is C17H21N3O. The zero-order chi connectivity index (χ0) is 14.8. The first kappa shape index (κ1) is 13.9. The van der Waals surface area contributed by atoms with Crippen molar-refractivity contribution in [1.82, 2.24) is 9.78 Å². The molecule has 0 aliphatic heterocycles. The van der Waals surface area contributed by atoms with Crippen LogP contribution in [0.1, 0.15) is 53.2 Å². The number of nitrogens with zero attached hydrogens (tertiary/aromatic N) is 2. The Morgan fingerprint density at radius 1 is 1.19 bits per heavy atom. The van der Waals surface area contributed by atoms with E-state index in [0.717, 1.165) is 24.2 Å². The lowest BCUT2D eigenvalue weighted by molar-refractivity contribution is 0.102. The van der Waals surface area contributed by atoms with Crippen LogP contribution in [0.3, 0.4) is 0 Å². The third-order valence-corrected chi connectivity index (χ3v) is 4.35. The summed E-state index contributed by atoms with van der Waals surface area (Å²) in [7, 11) is 0. The number of nitrogens with one attached hydrogen (secondary N) is 1. The fraction of sp³-hybridized carbons (Fsp3) is 0.412. The monoisotopic (exact) mass is 283 g/mol. The number of rotatable bonds is 3. The van der Waals surface area contributed by atoms with Crippen molar-refractivity contribution in [1.29, 1.82) is 0 Å². The molecule has 0 atom stereocenters. The molecule has 1 aliphatic carbocycles. The Labute approximate surface area is 125 Å². The van der Waals surface area contributed by atoms with Crippen molar-refractivity contribution in [2.45, 2.75) is 45.6 Å². The molecule has 2 aromatic rings. The van der Waals surface area contributed by atoms with Crippen LogP contribution in [0.5, 0.6) is 0 Å². The van der Waals surface area contributed by atoms with Gasteiger partial charge in [-0.05, 0) is 49.9 Å². The normalized spacial score (nSPS) is 15.3. The quantitative estimate of drug-likeness (QED) is 0.929. The number of carbonyl (C=O) groups is 1. The van der Waals surface area contributed by atoms with E-state index in [4.69, 9.17) is 0 Å². The topological polar surface area (TPSA) is 46.9 Å². The maximum atomic E-state index is 12.4. The Balaban J connectivity index is 1.78. The summed E-state index contributed by atoms with van der Waals surface area (Å²) in [5.74, 6) is 0.725. The SMILES string of the molecule is Cc1ccc(C(=O)Nc2ccnn2C2CCCC2)cc1C. The van der Waals surface area contributed by atoms with Crippen LogP contribution in [0.4, 0.5) is 5.82 Å². The van der Waals surface area contributed by atoms with Crippen LogP contribution in [-0.4, -0.2) is 15.7 Å². The molecule has 0 radical (unpaired) electrons. The summed E-state index contributed by atoms with van der Waals surface area (Å²) < 4.78 is 1.96. The second kappa shape index (κ2) is 5.72. The number of hydrogen-bond donors (Lipinski definition) is 1. The third-order valence-electron chi connectivity index (χ3n) is 4.35. The van der Waals surface area contributed by atoms with Crippen LogP contribution < -0.4 is 5.32 Å². The summed E-state index contributed by atoms with van der Waals surface area (Å²) >= 11 is 0. The van der Waals surface area contributed by atoms with Gasteiger partial charge in [0.1, 0.15) is 5.82 Å². The van der Waals surface area contributed by atoms with Crippen LogP contribution in [0.25, 0.3) is 0 Å². The predicted molar refractivity (Wildman–Crippen MR) is 83.6 cm³/mol. The van der Waals surface area contributed by atoms with Gasteiger partial charge in [-0.3, -0.25) is 4.79 Å². The minimum Gasteiger partial charge on any atom is -0.307 e. The molecule has 21 heavy (non-hydrogen) atoms. The maximum Gasteiger partial charge on any atom is 0.256 e. The Morgan fingerprint density at radius 3 is 2.67 bits per heavy atom. The van der Waals surface area contributed by atoms with Gasteiger partial charge in [0.15, 0.2) is 0 Å². The first-order valence-electron chi connectivity index (χ1n) is 7.57. The van der Waals surface area contributed by atoms with Crippen molar-refractivity contribution in [2.24, 2.45) is 0 Å². The third kappa shape index (κ3) is 2.84. The Kier molecular flexibility index (Phi) is 3.78. The van der Waals surface area contributed by atoms with E-state index in [1.807, 2.05) is 42.8 Å². The Bertz CT molecular complexity index is 654. The van der Waals surface area contributed by atoms with E-state index in [0.29, 0.717) is 11.6 Å². The minimum atomic E-state index is -0.0714. The molecule has 3 rings (SSSR count). The number of hydrogen-bond acceptors (Lipinski definition) is 2. The van der Waals surface area contributed by atoms with E-state index in [1.54, 1.807) is 6.20 Å². The zero-order valence-electron chi connectivity index (χ0n) is 12.6. The van der Waals surface area contributed by atoms with Gasteiger partial charge < -0.3 is 5.32 Å². The fourth-order valence-electron chi connectivity index (χ4n) is 2.92. The van der Waals surface area contributed by atoms with E-state index in [9.17, 15) is 4.79 Å². The largest absolute Gasteiger partial charge is 0.307 e. The summed E-state index contributed by atoms with van der Waals surface area (Å²) in [4.78, 5) is 12.4. The first-order chi connectivity index (χ1) is 10.1. The molecule has 0 saturated heterocycles. The van der Waals surface area contributed by atoms with E-state index < -0.39 is 0 Å². The van der Waals surface area contributed by atoms with E-state index >= 15 is 0 Å². The van der Waals surface area contributed by atoms with Gasteiger partial charge in [0.2, 0.25) is 0 Å². The van der Waals surface area contributed by atoms with Crippen LogP contribution in [0.15, 0.2) is 30.5 Å². The molecule has 0 bridgehead atoms. The molecule has 1 amide bonds. The van der Waals surface area contributed by atoms with Crippen molar-refractivity contribution in [3.8, 4) is 0 Å². The van der Waals surface area contributed by atoms with Crippen LogP contribution in [-0.2, 0) is 0 Å². The minimum absolute atomic E-state index is 0.0714. The van der Waals surface area contributed by atoms with Gasteiger partial charge in [0.25, 0.3) is 5.91 Å². The first-order valence-corrected chi connectivity index (χ1v) is 7.57. The van der Waals surface area contributed by atoms with Crippen molar-refractivity contribution in [3.63, 3.8) is 0 Å². The summed E-state index contributed by atoms with van der Waals surface area (Å²) in [6, 6.07) is 8.08. The molecule has 1 saturated carbocycles. The van der Waals surface area contributed by atoms with Gasteiger partial charge in [0, 0.05) is 11.6 Å². The average molecular weight is 283 g/mol. The van der Waals surface area contributed by atoms with Gasteiger partial charge in [-0.25, -0.2) is 4.68 Å². The fourth-order valence-corrected chi connectivity index (χ4v) is 2.92. The molecule has 1 N–H and O–H groups in total. The lowest BCUT2D eigenvalue weighted by Gasteiger charge is -2.15. The van der Waals surface area contributed by atoms with Crippen molar-refractivity contribution in [3.05, 3.63) is 47.2 Å². The molecule has 1 aromatic heterocycles. The average Bonchev–Trinajstić information content (AvgIpc) is 3.12. The molecule has 1 aromatic carbocycles. The molecule has 4 nitrogen and oxygen atoms in total. The number of carbonyl (C=O) groups excluding carboxylic acids is 1. The predicted octanol–water partition coefficient (Wildman–Crippen LogP) is 3.87. The number of aromatic nitrogens is 2. The van der Waals surface area contributed by atoms with Gasteiger partial charge in [-0.15, -0.1) is 0 Å². The molecular weight excluding hydrogens is 262 g/mol. The highest BCUT2D eigenvalue weighted by molar-refractivity contribution is 6.04.